The van der Waals surface area contributed by atoms with Crippen molar-refractivity contribution in [3.63, 3.8) is 0 Å². The molecule has 2 heteroatoms. The predicted molar refractivity (Wildman–Crippen MR) is 83.4 cm³/mol. The molecule has 2 fully saturated rings. The average molecular weight is 282 g/mol. The summed E-state index contributed by atoms with van der Waals surface area (Å²) in [5.41, 5.74) is 0. The van der Waals surface area contributed by atoms with Gasteiger partial charge in [-0.25, -0.2) is 0 Å². The molecule has 2 aliphatic carbocycles. The summed E-state index contributed by atoms with van der Waals surface area (Å²) in [4.78, 5) is 0. The first-order chi connectivity index (χ1) is 9.70. The highest BCUT2D eigenvalue weighted by molar-refractivity contribution is 4.83. The van der Waals surface area contributed by atoms with Crippen LogP contribution in [0.3, 0.4) is 0 Å². The van der Waals surface area contributed by atoms with Gasteiger partial charge in [0.15, 0.2) is 5.79 Å². The summed E-state index contributed by atoms with van der Waals surface area (Å²) in [5, 5.41) is 21.2. The lowest BCUT2D eigenvalue weighted by Crippen LogP contribution is -2.42. The van der Waals surface area contributed by atoms with E-state index in [9.17, 15) is 10.2 Å². The van der Waals surface area contributed by atoms with Gasteiger partial charge in [-0.3, -0.25) is 0 Å². The quantitative estimate of drug-likeness (QED) is 0.680. The molecule has 20 heavy (non-hydrogen) atoms. The Morgan fingerprint density at radius 3 is 1.60 bits per heavy atom. The molecular formula is C18H34O2. The maximum absolute atomic E-state index is 10.6. The van der Waals surface area contributed by atoms with Crippen LogP contribution in [0.2, 0.25) is 0 Å². The fourth-order valence-corrected chi connectivity index (χ4v) is 4.38. The van der Waals surface area contributed by atoms with Gasteiger partial charge in [0.25, 0.3) is 0 Å². The summed E-state index contributed by atoms with van der Waals surface area (Å²) < 4.78 is 0. The number of rotatable bonds is 1. The zero-order chi connectivity index (χ0) is 14.3. The molecule has 0 radical (unpaired) electrons. The van der Waals surface area contributed by atoms with Crippen LogP contribution in [0, 0.1) is 11.8 Å². The van der Waals surface area contributed by atoms with Crippen molar-refractivity contribution in [3.05, 3.63) is 0 Å². The Morgan fingerprint density at radius 2 is 1.00 bits per heavy atom. The maximum Gasteiger partial charge on any atom is 0.165 e. The topological polar surface area (TPSA) is 40.5 Å². The molecule has 0 heterocycles. The minimum absolute atomic E-state index is 0.124. The lowest BCUT2D eigenvalue weighted by atomic mass is 9.75. The number of hydrogen-bond donors (Lipinski definition) is 2. The van der Waals surface area contributed by atoms with E-state index in [-0.39, 0.29) is 5.92 Å². The van der Waals surface area contributed by atoms with Gasteiger partial charge in [0.1, 0.15) is 0 Å². The predicted octanol–water partition coefficient (Wildman–Crippen LogP) is 4.78. The van der Waals surface area contributed by atoms with E-state index >= 15 is 0 Å². The summed E-state index contributed by atoms with van der Waals surface area (Å²) in [6.45, 7) is 0. The zero-order valence-electron chi connectivity index (χ0n) is 13.2. The molecule has 0 aromatic carbocycles. The maximum atomic E-state index is 10.6. The Hall–Kier alpha value is -0.0800. The van der Waals surface area contributed by atoms with Crippen LogP contribution in [-0.2, 0) is 0 Å². The SMILES string of the molecule is OC1(O)CCCCCCCC1C1CCCCCCCC1. The fraction of sp³-hybridized carbons (Fsp3) is 1.00. The molecule has 0 aliphatic heterocycles. The molecule has 2 saturated carbocycles. The van der Waals surface area contributed by atoms with Gasteiger partial charge >= 0.3 is 0 Å². The van der Waals surface area contributed by atoms with Gasteiger partial charge in [0.2, 0.25) is 0 Å². The van der Waals surface area contributed by atoms with E-state index in [1.165, 1.54) is 77.0 Å². The molecular weight excluding hydrogens is 248 g/mol. The zero-order valence-corrected chi connectivity index (χ0v) is 13.2. The highest BCUT2D eigenvalue weighted by Crippen LogP contribution is 2.39. The second-order valence-corrected chi connectivity index (χ2v) is 7.25. The first-order valence-electron chi connectivity index (χ1n) is 9.15. The van der Waals surface area contributed by atoms with Crippen molar-refractivity contribution in [2.45, 2.75) is 102 Å². The van der Waals surface area contributed by atoms with Gasteiger partial charge in [-0.05, 0) is 31.6 Å². The second-order valence-electron chi connectivity index (χ2n) is 7.25. The van der Waals surface area contributed by atoms with Crippen molar-refractivity contribution >= 4 is 0 Å². The van der Waals surface area contributed by atoms with Gasteiger partial charge in [0, 0.05) is 12.3 Å². The molecule has 2 rings (SSSR count). The number of aliphatic hydroxyl groups is 2. The molecule has 1 unspecified atom stereocenters. The highest BCUT2D eigenvalue weighted by Gasteiger charge is 2.38. The Kier molecular flexibility index (Phi) is 6.83. The van der Waals surface area contributed by atoms with Gasteiger partial charge < -0.3 is 10.2 Å². The highest BCUT2D eigenvalue weighted by atomic mass is 16.5. The van der Waals surface area contributed by atoms with Crippen molar-refractivity contribution in [2.75, 3.05) is 0 Å². The Bertz CT molecular complexity index is 252. The van der Waals surface area contributed by atoms with E-state index in [1.807, 2.05) is 0 Å². The monoisotopic (exact) mass is 282 g/mol. The van der Waals surface area contributed by atoms with Gasteiger partial charge in [-0.2, -0.15) is 0 Å². The average Bonchev–Trinajstić information content (AvgIpc) is 2.59. The summed E-state index contributed by atoms with van der Waals surface area (Å²) in [5.74, 6) is -0.733. The summed E-state index contributed by atoms with van der Waals surface area (Å²) in [6.07, 6.45) is 17.9. The van der Waals surface area contributed by atoms with Crippen LogP contribution >= 0.6 is 0 Å². The third-order valence-electron chi connectivity index (χ3n) is 5.62. The smallest absolute Gasteiger partial charge is 0.165 e. The molecule has 2 nitrogen and oxygen atoms in total. The van der Waals surface area contributed by atoms with Crippen molar-refractivity contribution in [2.24, 2.45) is 11.8 Å². The Balaban J connectivity index is 2.02. The van der Waals surface area contributed by atoms with E-state index < -0.39 is 5.79 Å². The molecule has 0 aromatic rings. The van der Waals surface area contributed by atoms with Crippen molar-refractivity contribution in [1.82, 2.24) is 0 Å². The molecule has 2 N–H and O–H groups in total. The van der Waals surface area contributed by atoms with Crippen LogP contribution < -0.4 is 0 Å². The van der Waals surface area contributed by atoms with Crippen molar-refractivity contribution in [3.8, 4) is 0 Å². The van der Waals surface area contributed by atoms with Crippen LogP contribution in [0.5, 0.6) is 0 Å². The Morgan fingerprint density at radius 1 is 0.550 bits per heavy atom. The van der Waals surface area contributed by atoms with Gasteiger partial charge in [0.05, 0.1) is 0 Å². The van der Waals surface area contributed by atoms with Crippen molar-refractivity contribution < 1.29 is 10.2 Å². The summed E-state index contributed by atoms with van der Waals surface area (Å²) in [7, 11) is 0. The van der Waals surface area contributed by atoms with Crippen LogP contribution in [0.1, 0.15) is 96.3 Å². The third kappa shape index (κ3) is 5.04. The van der Waals surface area contributed by atoms with E-state index in [4.69, 9.17) is 0 Å². The van der Waals surface area contributed by atoms with E-state index in [2.05, 4.69) is 0 Å². The van der Waals surface area contributed by atoms with Crippen LogP contribution in [-0.4, -0.2) is 16.0 Å². The largest absolute Gasteiger partial charge is 0.365 e. The number of hydrogen-bond acceptors (Lipinski definition) is 2. The third-order valence-corrected chi connectivity index (χ3v) is 5.62. The summed E-state index contributed by atoms with van der Waals surface area (Å²) in [6, 6.07) is 0. The van der Waals surface area contributed by atoms with E-state index in [1.54, 1.807) is 0 Å². The van der Waals surface area contributed by atoms with Crippen LogP contribution in [0.4, 0.5) is 0 Å². The van der Waals surface area contributed by atoms with E-state index in [0.717, 1.165) is 12.8 Å². The molecule has 118 valence electrons. The summed E-state index contributed by atoms with van der Waals surface area (Å²) >= 11 is 0. The normalized spacial score (nSPS) is 31.2. The van der Waals surface area contributed by atoms with Crippen LogP contribution in [0.15, 0.2) is 0 Å². The molecule has 0 bridgehead atoms. The standard InChI is InChI=1S/C18H34O2/c19-18(20)15-11-7-3-6-10-14-17(18)16-12-8-4-1-2-5-9-13-16/h16-17,19-20H,1-15H2. The molecule has 1 atom stereocenters. The fourth-order valence-electron chi connectivity index (χ4n) is 4.38. The first-order valence-corrected chi connectivity index (χ1v) is 9.15. The lowest BCUT2D eigenvalue weighted by molar-refractivity contribution is -0.220. The van der Waals surface area contributed by atoms with Gasteiger partial charge in [-0.15, -0.1) is 0 Å². The van der Waals surface area contributed by atoms with E-state index in [0.29, 0.717) is 12.3 Å². The van der Waals surface area contributed by atoms with Crippen molar-refractivity contribution in [1.29, 1.82) is 0 Å². The Labute approximate surface area is 125 Å². The molecule has 0 aromatic heterocycles. The minimum atomic E-state index is -1.40. The second kappa shape index (κ2) is 8.38. The molecule has 0 saturated heterocycles. The molecule has 2 aliphatic rings. The lowest BCUT2D eigenvalue weighted by Gasteiger charge is -2.37. The first kappa shape index (κ1) is 16.3. The molecule has 0 spiro atoms. The minimum Gasteiger partial charge on any atom is -0.365 e. The van der Waals surface area contributed by atoms with Gasteiger partial charge in [-0.1, -0.05) is 64.2 Å². The molecule has 0 amide bonds. The van der Waals surface area contributed by atoms with Crippen LogP contribution in [0.25, 0.3) is 0 Å².